The molecule has 1 aliphatic heterocycles. The van der Waals surface area contributed by atoms with Gasteiger partial charge in [0.05, 0.1) is 4.92 Å². The molecule has 0 saturated carbocycles. The summed E-state index contributed by atoms with van der Waals surface area (Å²) in [6.45, 7) is 0. The van der Waals surface area contributed by atoms with Crippen molar-refractivity contribution in [1.29, 1.82) is 0 Å². The number of anilines is 1. The number of nitrogens with zero attached hydrogens (tertiary/aromatic N) is 2. The molecule has 3 aromatic carbocycles. The van der Waals surface area contributed by atoms with Gasteiger partial charge < -0.3 is 5.11 Å². The van der Waals surface area contributed by atoms with E-state index in [-0.39, 0.29) is 11.6 Å². The Balaban J connectivity index is 1.93. The second-order valence-electron chi connectivity index (χ2n) is 6.00. The van der Waals surface area contributed by atoms with Crippen LogP contribution in [0.4, 0.5) is 11.4 Å². The molecule has 0 unspecified atom stereocenters. The van der Waals surface area contributed by atoms with Crippen molar-refractivity contribution in [3.8, 4) is 0 Å². The smallest absolute Gasteiger partial charge is 0.269 e. The zero-order chi connectivity index (χ0) is 18.3. The first-order valence-corrected chi connectivity index (χ1v) is 8.00. The fraction of sp³-hybridized carbons (Fsp3) is 0.0500. The van der Waals surface area contributed by atoms with Crippen LogP contribution in [0.5, 0.6) is 0 Å². The van der Waals surface area contributed by atoms with Crippen molar-refractivity contribution in [2.24, 2.45) is 0 Å². The summed E-state index contributed by atoms with van der Waals surface area (Å²) in [5.74, 6) is -0.360. The average molecular weight is 346 g/mol. The van der Waals surface area contributed by atoms with Gasteiger partial charge in [-0.2, -0.15) is 0 Å². The SMILES string of the molecule is O=C1c2ccccc2[C@](O)(c2ccccc2)N1c1ccc([N+](=O)[O-])cc1. The van der Waals surface area contributed by atoms with Crippen molar-refractivity contribution < 1.29 is 14.8 Å². The quantitative estimate of drug-likeness (QED) is 0.581. The summed E-state index contributed by atoms with van der Waals surface area (Å²) in [5.41, 5.74) is 0.0261. The summed E-state index contributed by atoms with van der Waals surface area (Å²) in [6.07, 6.45) is 0. The molecule has 0 spiro atoms. The van der Waals surface area contributed by atoms with Gasteiger partial charge in [0.15, 0.2) is 5.72 Å². The molecule has 128 valence electrons. The number of aliphatic hydroxyl groups is 1. The number of fused-ring (bicyclic) bond motifs is 1. The van der Waals surface area contributed by atoms with E-state index < -0.39 is 10.6 Å². The Hall–Kier alpha value is -3.51. The van der Waals surface area contributed by atoms with Gasteiger partial charge in [0.1, 0.15) is 0 Å². The maximum absolute atomic E-state index is 13.0. The zero-order valence-electron chi connectivity index (χ0n) is 13.6. The number of hydrogen-bond donors (Lipinski definition) is 1. The van der Waals surface area contributed by atoms with Crippen LogP contribution in [0.25, 0.3) is 0 Å². The molecule has 1 N–H and O–H groups in total. The van der Waals surface area contributed by atoms with Gasteiger partial charge in [0.2, 0.25) is 0 Å². The minimum atomic E-state index is -1.69. The van der Waals surface area contributed by atoms with Gasteiger partial charge in [-0.05, 0) is 18.2 Å². The molecule has 0 bridgehead atoms. The normalized spacial score (nSPS) is 18.7. The molecule has 0 radical (unpaired) electrons. The van der Waals surface area contributed by atoms with Gasteiger partial charge in [-0.25, -0.2) is 0 Å². The molecular weight excluding hydrogens is 332 g/mol. The van der Waals surface area contributed by atoms with E-state index in [1.54, 1.807) is 48.5 Å². The summed E-state index contributed by atoms with van der Waals surface area (Å²) in [6, 6.07) is 21.3. The minimum Gasteiger partial charge on any atom is -0.363 e. The predicted octanol–water partition coefficient (Wildman–Crippen LogP) is 3.45. The third kappa shape index (κ3) is 2.20. The number of rotatable bonds is 3. The molecule has 3 aromatic rings. The summed E-state index contributed by atoms with van der Waals surface area (Å²) in [7, 11) is 0. The Kier molecular flexibility index (Phi) is 3.56. The Morgan fingerprint density at radius 3 is 2.15 bits per heavy atom. The second-order valence-corrected chi connectivity index (χ2v) is 6.00. The van der Waals surface area contributed by atoms with E-state index in [9.17, 15) is 20.0 Å². The van der Waals surface area contributed by atoms with E-state index >= 15 is 0 Å². The van der Waals surface area contributed by atoms with E-state index in [2.05, 4.69) is 0 Å². The zero-order valence-corrected chi connectivity index (χ0v) is 13.6. The fourth-order valence-corrected chi connectivity index (χ4v) is 3.34. The van der Waals surface area contributed by atoms with Crippen LogP contribution in [0.1, 0.15) is 21.5 Å². The lowest BCUT2D eigenvalue weighted by molar-refractivity contribution is -0.384. The van der Waals surface area contributed by atoms with Crippen LogP contribution in [0.3, 0.4) is 0 Å². The molecule has 1 atom stereocenters. The number of nitro benzene ring substituents is 1. The first kappa shape index (κ1) is 16.0. The number of amides is 1. The Labute approximate surface area is 149 Å². The highest BCUT2D eigenvalue weighted by Gasteiger charge is 2.50. The molecule has 1 amide bonds. The van der Waals surface area contributed by atoms with E-state index in [1.165, 1.54) is 29.2 Å². The van der Waals surface area contributed by atoms with Crippen LogP contribution in [0.15, 0.2) is 78.9 Å². The van der Waals surface area contributed by atoms with Crippen LogP contribution in [0, 0.1) is 10.1 Å². The van der Waals surface area contributed by atoms with Crippen LogP contribution < -0.4 is 4.90 Å². The minimum absolute atomic E-state index is 0.0823. The lowest BCUT2D eigenvalue weighted by Gasteiger charge is -2.34. The standard InChI is InChI=1S/C20H14N2O4/c23-19-17-8-4-5-9-18(17)20(24,14-6-2-1-3-7-14)21(19)15-10-12-16(13-11-15)22(25)26/h1-13,24H/t20-/m1/s1. The number of carbonyl (C=O) groups excluding carboxylic acids is 1. The van der Waals surface area contributed by atoms with E-state index in [0.717, 1.165) is 0 Å². The molecule has 4 rings (SSSR count). The van der Waals surface area contributed by atoms with Crippen molar-refractivity contribution >= 4 is 17.3 Å². The van der Waals surface area contributed by atoms with E-state index in [0.29, 0.717) is 22.4 Å². The van der Waals surface area contributed by atoms with Gasteiger partial charge >= 0.3 is 0 Å². The average Bonchev–Trinajstić information content (AvgIpc) is 2.91. The lowest BCUT2D eigenvalue weighted by Crippen LogP contribution is -2.45. The van der Waals surface area contributed by atoms with Crippen molar-refractivity contribution in [1.82, 2.24) is 0 Å². The van der Waals surface area contributed by atoms with Crippen LogP contribution >= 0.6 is 0 Å². The summed E-state index contributed by atoms with van der Waals surface area (Å²) in [4.78, 5) is 24.7. The molecule has 1 heterocycles. The number of benzene rings is 3. The highest BCUT2D eigenvalue weighted by Crippen LogP contribution is 2.44. The predicted molar refractivity (Wildman–Crippen MR) is 95.8 cm³/mol. The van der Waals surface area contributed by atoms with Gasteiger partial charge in [-0.15, -0.1) is 0 Å². The Morgan fingerprint density at radius 2 is 1.50 bits per heavy atom. The highest BCUT2D eigenvalue weighted by atomic mass is 16.6. The Morgan fingerprint density at radius 1 is 0.885 bits per heavy atom. The fourth-order valence-electron chi connectivity index (χ4n) is 3.34. The molecule has 26 heavy (non-hydrogen) atoms. The maximum atomic E-state index is 13.0. The van der Waals surface area contributed by atoms with E-state index in [1.807, 2.05) is 6.07 Å². The molecule has 6 heteroatoms. The number of carbonyl (C=O) groups is 1. The van der Waals surface area contributed by atoms with E-state index in [4.69, 9.17) is 0 Å². The molecule has 0 aliphatic carbocycles. The summed E-state index contributed by atoms with van der Waals surface area (Å²) in [5, 5.41) is 22.5. The topological polar surface area (TPSA) is 83.7 Å². The first-order valence-electron chi connectivity index (χ1n) is 8.00. The third-order valence-corrected chi connectivity index (χ3v) is 4.55. The first-order chi connectivity index (χ1) is 12.5. The third-order valence-electron chi connectivity index (χ3n) is 4.55. The summed E-state index contributed by atoms with van der Waals surface area (Å²) < 4.78 is 0. The molecule has 0 fully saturated rings. The van der Waals surface area contributed by atoms with Crippen LogP contribution in [0.2, 0.25) is 0 Å². The molecule has 0 saturated heterocycles. The molecule has 6 nitrogen and oxygen atoms in total. The number of hydrogen-bond acceptors (Lipinski definition) is 4. The van der Waals surface area contributed by atoms with Crippen molar-refractivity contribution in [2.45, 2.75) is 5.72 Å². The van der Waals surface area contributed by atoms with Gasteiger partial charge in [0.25, 0.3) is 11.6 Å². The Bertz CT molecular complexity index is 1000. The van der Waals surface area contributed by atoms with Gasteiger partial charge in [0, 0.05) is 34.5 Å². The number of non-ortho nitro benzene ring substituents is 1. The maximum Gasteiger partial charge on any atom is 0.269 e. The van der Waals surface area contributed by atoms with Crippen LogP contribution in [-0.2, 0) is 5.72 Å². The largest absolute Gasteiger partial charge is 0.363 e. The second kappa shape index (κ2) is 5.79. The van der Waals surface area contributed by atoms with Crippen LogP contribution in [-0.4, -0.2) is 15.9 Å². The summed E-state index contributed by atoms with van der Waals surface area (Å²) >= 11 is 0. The monoisotopic (exact) mass is 346 g/mol. The van der Waals surface area contributed by atoms with Crippen molar-refractivity contribution in [3.05, 3.63) is 106 Å². The van der Waals surface area contributed by atoms with Crippen molar-refractivity contribution in [3.63, 3.8) is 0 Å². The molecule has 0 aromatic heterocycles. The lowest BCUT2D eigenvalue weighted by atomic mass is 9.93. The molecular formula is C20H14N2O4. The number of nitro groups is 1. The van der Waals surface area contributed by atoms with Gasteiger partial charge in [-0.3, -0.25) is 19.8 Å². The van der Waals surface area contributed by atoms with Gasteiger partial charge in [-0.1, -0.05) is 48.5 Å². The highest BCUT2D eigenvalue weighted by molar-refractivity contribution is 6.12. The molecule has 1 aliphatic rings. The van der Waals surface area contributed by atoms with Crippen molar-refractivity contribution in [2.75, 3.05) is 4.90 Å².